The molecule has 0 aromatic heterocycles. The van der Waals surface area contributed by atoms with E-state index in [0.717, 1.165) is 12.8 Å². The van der Waals surface area contributed by atoms with Crippen LogP contribution in [0.25, 0.3) is 0 Å². The number of hydrogen-bond acceptors (Lipinski definition) is 2. The monoisotopic (exact) mass is 183 g/mol. The molecule has 0 saturated carbocycles. The van der Waals surface area contributed by atoms with E-state index in [0.29, 0.717) is 6.42 Å². The van der Waals surface area contributed by atoms with E-state index in [1.807, 2.05) is 0 Å². The fourth-order valence-electron chi connectivity index (χ4n) is 1.30. The van der Waals surface area contributed by atoms with Crippen LogP contribution in [0.4, 0.5) is 0 Å². The van der Waals surface area contributed by atoms with Crippen LogP contribution in [0.5, 0.6) is 0 Å². The van der Waals surface area contributed by atoms with Crippen LogP contribution in [0, 0.1) is 5.92 Å². The second-order valence-corrected chi connectivity index (χ2v) is 3.36. The van der Waals surface area contributed by atoms with Gasteiger partial charge in [0.15, 0.2) is 0 Å². The van der Waals surface area contributed by atoms with Gasteiger partial charge >= 0.3 is 0 Å². The van der Waals surface area contributed by atoms with Gasteiger partial charge in [0.2, 0.25) is 0 Å². The van der Waals surface area contributed by atoms with Crippen LogP contribution >= 0.6 is 0 Å². The second kappa shape index (κ2) is 7.84. The maximum Gasteiger partial charge on any atom is 0.0482 e. The smallest absolute Gasteiger partial charge is 0.0482 e. The van der Waals surface area contributed by atoms with Crippen molar-refractivity contribution in [3.8, 4) is 0 Å². The summed E-state index contributed by atoms with van der Waals surface area (Å²) in [5.74, 6) is -1.45. The average molecular weight is 183 g/mol. The summed E-state index contributed by atoms with van der Waals surface area (Å²) in [4.78, 5) is 10.5. The van der Waals surface area contributed by atoms with E-state index in [-0.39, 0.29) is 0 Å². The molecule has 0 fully saturated rings. The summed E-state index contributed by atoms with van der Waals surface area (Å²) in [6.07, 6.45) is 7.88. The Kier molecular flexibility index (Phi) is 7.36. The van der Waals surface area contributed by atoms with Crippen molar-refractivity contribution in [1.82, 2.24) is 0 Å². The number of carbonyl (C=O) groups excluding carboxylic acids is 1. The predicted molar refractivity (Wildman–Crippen MR) is 52.1 cm³/mol. The molecule has 0 radical (unpaired) electrons. The quantitative estimate of drug-likeness (QED) is 0.426. The van der Waals surface area contributed by atoms with Gasteiger partial charge in [0.1, 0.15) is 0 Å². The summed E-state index contributed by atoms with van der Waals surface area (Å²) in [5.41, 5.74) is 0. The van der Waals surface area contributed by atoms with Crippen LogP contribution < -0.4 is 5.11 Å². The number of rotatable bonds is 8. The predicted octanol–water partition coefficient (Wildman–Crippen LogP) is 1.90. The number of aliphatic carboxylic acids is 1. The molecule has 0 aromatic rings. The van der Waals surface area contributed by atoms with Crippen LogP contribution in [0.1, 0.15) is 45.4 Å². The van der Waals surface area contributed by atoms with Gasteiger partial charge in [-0.25, -0.2) is 0 Å². The Morgan fingerprint density at radius 3 is 2.46 bits per heavy atom. The van der Waals surface area contributed by atoms with Gasteiger partial charge in [-0.05, 0) is 6.42 Å². The Hall–Kier alpha value is -0.790. The van der Waals surface area contributed by atoms with E-state index >= 15 is 0 Å². The molecule has 2 nitrogen and oxygen atoms in total. The molecule has 0 amide bonds. The molecule has 1 unspecified atom stereocenters. The fourth-order valence-corrected chi connectivity index (χ4v) is 1.30. The Balaban J connectivity index is 3.39. The highest BCUT2D eigenvalue weighted by molar-refractivity contribution is 5.69. The molecule has 0 aliphatic heterocycles. The molecule has 0 N–H and O–H groups in total. The summed E-state index contributed by atoms with van der Waals surface area (Å²) in [6.45, 7) is 5.64. The molecule has 0 aromatic carbocycles. The van der Waals surface area contributed by atoms with E-state index in [9.17, 15) is 9.90 Å². The highest BCUT2D eigenvalue weighted by atomic mass is 16.4. The third kappa shape index (κ3) is 6.38. The minimum Gasteiger partial charge on any atom is -0.550 e. The Labute approximate surface area is 80.7 Å². The van der Waals surface area contributed by atoms with Crippen LogP contribution in [0.3, 0.4) is 0 Å². The van der Waals surface area contributed by atoms with Gasteiger partial charge in [-0.3, -0.25) is 0 Å². The van der Waals surface area contributed by atoms with Gasteiger partial charge in [-0.1, -0.05) is 45.1 Å². The lowest BCUT2D eigenvalue weighted by Crippen LogP contribution is -2.29. The summed E-state index contributed by atoms with van der Waals surface area (Å²) in [5, 5.41) is 10.5. The number of carboxylic acid groups (broad SMARTS) is 1. The first-order valence-electron chi connectivity index (χ1n) is 5.05. The number of carboxylic acids is 1. The molecule has 13 heavy (non-hydrogen) atoms. The third-order valence-corrected chi connectivity index (χ3v) is 2.21. The lowest BCUT2D eigenvalue weighted by Gasteiger charge is -2.12. The van der Waals surface area contributed by atoms with Gasteiger partial charge in [0, 0.05) is 11.9 Å². The molecule has 0 aliphatic carbocycles. The third-order valence-electron chi connectivity index (χ3n) is 2.21. The summed E-state index contributed by atoms with van der Waals surface area (Å²) >= 11 is 0. The molecule has 0 spiro atoms. The van der Waals surface area contributed by atoms with Gasteiger partial charge in [0.25, 0.3) is 0 Å². The van der Waals surface area contributed by atoms with Crippen molar-refractivity contribution >= 4 is 5.97 Å². The molecule has 2 heteroatoms. The lowest BCUT2D eigenvalue weighted by atomic mass is 10.0. The topological polar surface area (TPSA) is 40.1 Å². The van der Waals surface area contributed by atoms with Gasteiger partial charge in [-0.2, -0.15) is 0 Å². The Morgan fingerprint density at radius 2 is 2.00 bits per heavy atom. The van der Waals surface area contributed by atoms with E-state index < -0.39 is 11.9 Å². The van der Waals surface area contributed by atoms with Crippen molar-refractivity contribution in [2.45, 2.75) is 45.4 Å². The molecule has 0 rings (SSSR count). The average Bonchev–Trinajstić information content (AvgIpc) is 2.10. The first-order chi connectivity index (χ1) is 6.22. The Morgan fingerprint density at radius 1 is 1.38 bits per heavy atom. The van der Waals surface area contributed by atoms with Crippen molar-refractivity contribution in [3.63, 3.8) is 0 Å². The fraction of sp³-hybridized carbons (Fsp3) is 0.727. The van der Waals surface area contributed by atoms with Crippen LogP contribution in [-0.2, 0) is 4.79 Å². The second-order valence-electron chi connectivity index (χ2n) is 3.36. The standard InChI is InChI=1S/C11H20O2/c1-3-5-6-7-8-9-10(4-2)11(12)13/h4,10H,2-3,5-9H2,1H3,(H,12,13)/p-1. The zero-order valence-corrected chi connectivity index (χ0v) is 8.42. The highest BCUT2D eigenvalue weighted by Crippen LogP contribution is 2.11. The molecule has 76 valence electrons. The van der Waals surface area contributed by atoms with Crippen molar-refractivity contribution in [2.24, 2.45) is 5.92 Å². The summed E-state index contributed by atoms with van der Waals surface area (Å²) in [6, 6.07) is 0. The van der Waals surface area contributed by atoms with Crippen LogP contribution in [-0.4, -0.2) is 5.97 Å². The van der Waals surface area contributed by atoms with E-state index in [4.69, 9.17) is 0 Å². The van der Waals surface area contributed by atoms with Crippen molar-refractivity contribution in [1.29, 1.82) is 0 Å². The van der Waals surface area contributed by atoms with E-state index in [2.05, 4.69) is 13.5 Å². The van der Waals surface area contributed by atoms with Crippen LogP contribution in [0.2, 0.25) is 0 Å². The van der Waals surface area contributed by atoms with Crippen molar-refractivity contribution in [3.05, 3.63) is 12.7 Å². The van der Waals surface area contributed by atoms with E-state index in [1.54, 1.807) is 0 Å². The minimum atomic E-state index is -0.995. The SMILES string of the molecule is C=CC(CCCCCCC)C(=O)[O-]. The van der Waals surface area contributed by atoms with Crippen molar-refractivity contribution in [2.75, 3.05) is 0 Å². The number of carbonyl (C=O) groups is 1. The lowest BCUT2D eigenvalue weighted by molar-refractivity contribution is -0.309. The summed E-state index contributed by atoms with van der Waals surface area (Å²) in [7, 11) is 0. The van der Waals surface area contributed by atoms with Gasteiger partial charge in [-0.15, -0.1) is 6.58 Å². The zero-order chi connectivity index (χ0) is 10.1. The van der Waals surface area contributed by atoms with E-state index in [1.165, 1.54) is 25.3 Å². The molecular formula is C11H19O2-. The maximum atomic E-state index is 10.5. The molecular weight excluding hydrogens is 164 g/mol. The molecule has 1 atom stereocenters. The number of hydrogen-bond donors (Lipinski definition) is 0. The Bertz CT molecular complexity index is 152. The van der Waals surface area contributed by atoms with Gasteiger partial charge in [0.05, 0.1) is 0 Å². The van der Waals surface area contributed by atoms with Crippen LogP contribution in [0.15, 0.2) is 12.7 Å². The number of unbranched alkanes of at least 4 members (excludes halogenated alkanes) is 4. The van der Waals surface area contributed by atoms with Crippen molar-refractivity contribution < 1.29 is 9.90 Å². The first-order valence-corrected chi connectivity index (χ1v) is 5.05. The molecule has 0 saturated heterocycles. The zero-order valence-electron chi connectivity index (χ0n) is 8.42. The first kappa shape index (κ1) is 12.2. The highest BCUT2D eigenvalue weighted by Gasteiger charge is 2.03. The van der Waals surface area contributed by atoms with Gasteiger partial charge < -0.3 is 9.90 Å². The largest absolute Gasteiger partial charge is 0.550 e. The molecule has 0 heterocycles. The summed E-state index contributed by atoms with van der Waals surface area (Å²) < 4.78 is 0. The minimum absolute atomic E-state index is 0.457. The molecule has 0 bridgehead atoms. The molecule has 0 aliphatic rings. The normalized spacial score (nSPS) is 12.4. The maximum absolute atomic E-state index is 10.5.